The first-order valence-corrected chi connectivity index (χ1v) is 3.91. The number of hydrogen-bond donors (Lipinski definition) is 1. The van der Waals surface area contributed by atoms with E-state index in [1.54, 1.807) is 6.92 Å². The molecular weight excluding hydrogens is 144 g/mol. The molecule has 1 fully saturated rings. The Morgan fingerprint density at radius 1 is 1.73 bits per heavy atom. The SMILES string of the molecule is CCC([O])N1CCNCC1=O. The van der Waals surface area contributed by atoms with Crippen LogP contribution in [0, 0.1) is 0 Å². The van der Waals surface area contributed by atoms with Crippen LogP contribution in [0.2, 0.25) is 0 Å². The van der Waals surface area contributed by atoms with Gasteiger partial charge in [-0.2, -0.15) is 0 Å². The third kappa shape index (κ3) is 1.91. The molecule has 63 valence electrons. The quantitative estimate of drug-likeness (QED) is 0.592. The zero-order valence-electron chi connectivity index (χ0n) is 6.67. The molecule has 4 nitrogen and oxygen atoms in total. The molecule has 0 spiro atoms. The third-order valence-corrected chi connectivity index (χ3v) is 1.82. The van der Waals surface area contributed by atoms with Gasteiger partial charge in [0.1, 0.15) is 0 Å². The number of amides is 1. The van der Waals surface area contributed by atoms with Gasteiger partial charge in [0.2, 0.25) is 5.91 Å². The summed E-state index contributed by atoms with van der Waals surface area (Å²) in [6.07, 6.45) is -0.351. The molecule has 1 atom stereocenters. The molecule has 0 saturated carbocycles. The summed E-state index contributed by atoms with van der Waals surface area (Å²) >= 11 is 0. The highest BCUT2D eigenvalue weighted by Crippen LogP contribution is 2.03. The van der Waals surface area contributed by atoms with Crippen molar-refractivity contribution in [1.29, 1.82) is 0 Å². The summed E-state index contributed by atoms with van der Waals surface area (Å²) in [6.45, 7) is 3.41. The largest absolute Gasteiger partial charge is 0.312 e. The fourth-order valence-electron chi connectivity index (χ4n) is 1.15. The predicted octanol–water partition coefficient (Wildman–Crippen LogP) is -0.415. The van der Waals surface area contributed by atoms with E-state index >= 15 is 0 Å². The van der Waals surface area contributed by atoms with Gasteiger partial charge < -0.3 is 10.2 Å². The average Bonchev–Trinajstić information content (AvgIpc) is 2.04. The van der Waals surface area contributed by atoms with Crippen molar-refractivity contribution in [2.45, 2.75) is 19.6 Å². The standard InChI is InChI=1S/C7H13N2O2/c1-2-6(10)9-4-3-8-5-7(9)11/h6,8H,2-5H2,1H3. The molecule has 11 heavy (non-hydrogen) atoms. The number of carbonyl (C=O) groups is 1. The van der Waals surface area contributed by atoms with Crippen molar-refractivity contribution >= 4 is 5.91 Å². The Hall–Kier alpha value is -0.610. The molecule has 1 radical (unpaired) electrons. The van der Waals surface area contributed by atoms with E-state index in [0.717, 1.165) is 6.54 Å². The Labute approximate surface area is 66.2 Å². The van der Waals surface area contributed by atoms with Gasteiger partial charge in [0.05, 0.1) is 6.54 Å². The highest BCUT2D eigenvalue weighted by atomic mass is 16.3. The fourth-order valence-corrected chi connectivity index (χ4v) is 1.15. The van der Waals surface area contributed by atoms with Crippen LogP contribution in [0.5, 0.6) is 0 Å². The van der Waals surface area contributed by atoms with Crippen LogP contribution < -0.4 is 5.32 Å². The maximum Gasteiger partial charge on any atom is 0.238 e. The Balaban J connectivity index is 2.47. The third-order valence-electron chi connectivity index (χ3n) is 1.82. The molecule has 4 heteroatoms. The minimum absolute atomic E-state index is 0.0712. The monoisotopic (exact) mass is 157 g/mol. The number of hydrogen-bond acceptors (Lipinski definition) is 2. The predicted molar refractivity (Wildman–Crippen MR) is 39.3 cm³/mol. The second-order valence-electron chi connectivity index (χ2n) is 2.63. The average molecular weight is 157 g/mol. The van der Waals surface area contributed by atoms with Crippen LogP contribution in [-0.2, 0) is 9.90 Å². The highest BCUT2D eigenvalue weighted by molar-refractivity contribution is 5.79. The van der Waals surface area contributed by atoms with Gasteiger partial charge in [0.25, 0.3) is 0 Å². The second kappa shape index (κ2) is 3.69. The lowest BCUT2D eigenvalue weighted by molar-refractivity contribution is -0.147. The van der Waals surface area contributed by atoms with Crippen molar-refractivity contribution in [3.05, 3.63) is 0 Å². The van der Waals surface area contributed by atoms with E-state index < -0.39 is 6.23 Å². The molecule has 0 aromatic carbocycles. The molecule has 1 amide bonds. The molecule has 1 aliphatic rings. The number of rotatable bonds is 2. The molecule has 1 heterocycles. The first kappa shape index (κ1) is 8.49. The minimum atomic E-state index is -0.843. The van der Waals surface area contributed by atoms with Crippen LogP contribution in [0.1, 0.15) is 13.3 Å². The number of nitrogens with zero attached hydrogens (tertiary/aromatic N) is 1. The maximum atomic E-state index is 11.1. The minimum Gasteiger partial charge on any atom is -0.312 e. The Morgan fingerprint density at radius 2 is 2.45 bits per heavy atom. The molecule has 0 aliphatic carbocycles. The summed E-state index contributed by atoms with van der Waals surface area (Å²) < 4.78 is 0. The van der Waals surface area contributed by atoms with Crippen molar-refractivity contribution in [2.24, 2.45) is 0 Å². The number of carbonyl (C=O) groups excluding carboxylic acids is 1. The van der Waals surface area contributed by atoms with Crippen LogP contribution >= 0.6 is 0 Å². The van der Waals surface area contributed by atoms with Crippen molar-refractivity contribution in [1.82, 2.24) is 10.2 Å². The second-order valence-corrected chi connectivity index (χ2v) is 2.63. The van der Waals surface area contributed by atoms with Crippen molar-refractivity contribution < 1.29 is 9.90 Å². The van der Waals surface area contributed by atoms with E-state index in [1.807, 2.05) is 0 Å². The van der Waals surface area contributed by atoms with Crippen LogP contribution in [0.15, 0.2) is 0 Å². The van der Waals surface area contributed by atoms with Gasteiger partial charge in [-0.05, 0) is 6.42 Å². The zero-order valence-corrected chi connectivity index (χ0v) is 6.67. The van der Waals surface area contributed by atoms with Crippen LogP contribution in [0.3, 0.4) is 0 Å². The summed E-state index contributed by atoms with van der Waals surface area (Å²) in [7, 11) is 0. The van der Waals surface area contributed by atoms with Gasteiger partial charge in [-0.15, -0.1) is 0 Å². The van der Waals surface area contributed by atoms with Crippen molar-refractivity contribution in [3.8, 4) is 0 Å². The lowest BCUT2D eigenvalue weighted by atomic mass is 10.3. The summed E-state index contributed by atoms with van der Waals surface area (Å²) in [6, 6.07) is 0. The van der Waals surface area contributed by atoms with Crippen molar-refractivity contribution in [2.75, 3.05) is 19.6 Å². The first-order chi connectivity index (χ1) is 5.25. The summed E-state index contributed by atoms with van der Waals surface area (Å²) in [4.78, 5) is 12.5. The molecule has 1 aliphatic heterocycles. The lowest BCUT2D eigenvalue weighted by Gasteiger charge is -2.29. The van der Waals surface area contributed by atoms with Gasteiger partial charge in [-0.25, -0.2) is 5.11 Å². The summed E-state index contributed by atoms with van der Waals surface area (Å²) in [5.41, 5.74) is 0. The van der Waals surface area contributed by atoms with Crippen molar-refractivity contribution in [3.63, 3.8) is 0 Å². The number of nitrogens with one attached hydrogen (secondary N) is 1. The van der Waals surface area contributed by atoms with Gasteiger partial charge in [-0.3, -0.25) is 4.79 Å². The summed E-state index contributed by atoms with van der Waals surface area (Å²) in [5.74, 6) is -0.0712. The van der Waals surface area contributed by atoms with E-state index in [2.05, 4.69) is 5.32 Å². The Morgan fingerprint density at radius 3 is 3.00 bits per heavy atom. The topological polar surface area (TPSA) is 52.2 Å². The molecular formula is C7H13N2O2. The molecule has 1 rings (SSSR count). The molecule has 1 N–H and O–H groups in total. The van der Waals surface area contributed by atoms with Crippen LogP contribution in [0.4, 0.5) is 0 Å². The van der Waals surface area contributed by atoms with E-state index in [-0.39, 0.29) is 5.91 Å². The van der Waals surface area contributed by atoms with Gasteiger partial charge in [0.15, 0.2) is 6.23 Å². The summed E-state index contributed by atoms with van der Waals surface area (Å²) in [5, 5.41) is 14.1. The van der Waals surface area contributed by atoms with Crippen LogP contribution in [0.25, 0.3) is 0 Å². The fraction of sp³-hybridized carbons (Fsp3) is 0.857. The van der Waals surface area contributed by atoms with E-state index in [1.165, 1.54) is 4.90 Å². The van der Waals surface area contributed by atoms with E-state index in [0.29, 0.717) is 19.5 Å². The molecule has 0 aromatic rings. The maximum absolute atomic E-state index is 11.1. The smallest absolute Gasteiger partial charge is 0.238 e. The van der Waals surface area contributed by atoms with Gasteiger partial charge >= 0.3 is 0 Å². The van der Waals surface area contributed by atoms with E-state index in [4.69, 9.17) is 0 Å². The first-order valence-electron chi connectivity index (χ1n) is 3.91. The number of piperazine rings is 1. The normalized spacial score (nSPS) is 22.0. The molecule has 1 unspecified atom stereocenters. The zero-order chi connectivity index (χ0) is 8.27. The van der Waals surface area contributed by atoms with Crippen LogP contribution in [-0.4, -0.2) is 36.7 Å². The van der Waals surface area contributed by atoms with Gasteiger partial charge in [-0.1, -0.05) is 6.92 Å². The highest BCUT2D eigenvalue weighted by Gasteiger charge is 2.23. The molecule has 0 aromatic heterocycles. The molecule has 0 bridgehead atoms. The van der Waals surface area contributed by atoms with E-state index in [9.17, 15) is 9.90 Å². The van der Waals surface area contributed by atoms with Gasteiger partial charge in [0, 0.05) is 13.1 Å². The Bertz CT molecular complexity index is 149. The lowest BCUT2D eigenvalue weighted by Crippen LogP contribution is -2.51. The Kier molecular flexibility index (Phi) is 2.84. The molecule has 1 saturated heterocycles.